The number of fused-ring (bicyclic) bond motifs is 2. The molecule has 0 aromatic heterocycles. The van der Waals surface area contributed by atoms with Crippen molar-refractivity contribution in [1.82, 2.24) is 5.32 Å². The number of carbonyl (C=O) groups excluding carboxylic acids is 3. The van der Waals surface area contributed by atoms with Gasteiger partial charge in [-0.3, -0.25) is 14.4 Å². The third-order valence-corrected chi connectivity index (χ3v) is 4.70. The van der Waals surface area contributed by atoms with Crippen LogP contribution in [0.15, 0.2) is 42.5 Å². The molecule has 1 saturated heterocycles. The number of ether oxygens (including phenoxy) is 1. The molecule has 1 N–H and O–H groups in total. The van der Waals surface area contributed by atoms with Crippen LogP contribution in [0.5, 0.6) is 0 Å². The monoisotopic (exact) mass is 335 g/mol. The van der Waals surface area contributed by atoms with Gasteiger partial charge in [0.15, 0.2) is 11.6 Å². The minimum Gasteiger partial charge on any atom is -0.376 e. The zero-order chi connectivity index (χ0) is 17.4. The van der Waals surface area contributed by atoms with Gasteiger partial charge in [0.2, 0.25) is 0 Å². The summed E-state index contributed by atoms with van der Waals surface area (Å²) in [7, 11) is 0. The Morgan fingerprint density at radius 1 is 1.00 bits per heavy atom. The molecule has 2 aromatic carbocycles. The lowest BCUT2D eigenvalue weighted by Crippen LogP contribution is -2.32. The van der Waals surface area contributed by atoms with Gasteiger partial charge in [-0.2, -0.15) is 0 Å². The topological polar surface area (TPSA) is 72.5 Å². The predicted molar refractivity (Wildman–Crippen MR) is 91.1 cm³/mol. The minimum absolute atomic E-state index is 0.0525. The number of rotatable bonds is 3. The molecule has 0 saturated carbocycles. The van der Waals surface area contributed by atoms with Crippen LogP contribution in [0.1, 0.15) is 55.0 Å². The molecule has 1 aliphatic heterocycles. The summed E-state index contributed by atoms with van der Waals surface area (Å²) in [6.07, 6.45) is 2.00. The van der Waals surface area contributed by atoms with Crippen molar-refractivity contribution in [2.24, 2.45) is 0 Å². The molecule has 1 heterocycles. The average Bonchev–Trinajstić information content (AvgIpc) is 3.17. The number of hydrogen-bond donors (Lipinski definition) is 1. The van der Waals surface area contributed by atoms with Crippen molar-refractivity contribution >= 4 is 17.5 Å². The highest BCUT2D eigenvalue weighted by molar-refractivity contribution is 6.28. The SMILES string of the molecule is O=C(NCC1CCCO1)c1ccc2c(c1)C(=O)c1ccccc1C2=O. The normalized spacial score (nSPS) is 18.6. The molecule has 5 nitrogen and oxygen atoms in total. The van der Waals surface area contributed by atoms with Crippen LogP contribution in [0, 0.1) is 0 Å². The second kappa shape index (κ2) is 6.26. The molecule has 126 valence electrons. The van der Waals surface area contributed by atoms with Crippen LogP contribution in [0.25, 0.3) is 0 Å². The summed E-state index contributed by atoms with van der Waals surface area (Å²) >= 11 is 0. The maximum absolute atomic E-state index is 12.7. The molecule has 1 unspecified atom stereocenters. The van der Waals surface area contributed by atoms with Gasteiger partial charge >= 0.3 is 0 Å². The Morgan fingerprint density at radius 2 is 1.68 bits per heavy atom. The lowest BCUT2D eigenvalue weighted by molar-refractivity contribution is 0.0857. The first-order chi connectivity index (χ1) is 12.1. The second-order valence-corrected chi connectivity index (χ2v) is 6.31. The van der Waals surface area contributed by atoms with Crippen molar-refractivity contribution in [3.05, 3.63) is 70.3 Å². The summed E-state index contributed by atoms with van der Waals surface area (Å²) in [5.74, 6) is -0.673. The van der Waals surface area contributed by atoms with E-state index in [4.69, 9.17) is 4.74 Å². The Kier molecular flexibility index (Phi) is 3.93. The number of benzene rings is 2. The number of carbonyl (C=O) groups is 3. The maximum atomic E-state index is 12.7. The Bertz CT molecular complexity index is 881. The number of amides is 1. The van der Waals surface area contributed by atoms with Gasteiger partial charge in [-0.1, -0.05) is 24.3 Å². The number of ketones is 2. The van der Waals surface area contributed by atoms with Crippen molar-refractivity contribution in [3.8, 4) is 0 Å². The van der Waals surface area contributed by atoms with Crippen molar-refractivity contribution in [3.63, 3.8) is 0 Å². The van der Waals surface area contributed by atoms with Gasteiger partial charge in [0.05, 0.1) is 6.10 Å². The number of hydrogen-bond acceptors (Lipinski definition) is 4. The van der Waals surface area contributed by atoms with E-state index in [1.807, 2.05) is 0 Å². The van der Waals surface area contributed by atoms with Crippen molar-refractivity contribution in [2.75, 3.05) is 13.2 Å². The van der Waals surface area contributed by atoms with E-state index in [0.29, 0.717) is 28.8 Å². The van der Waals surface area contributed by atoms with Crippen LogP contribution < -0.4 is 5.32 Å². The molecule has 1 fully saturated rings. The van der Waals surface area contributed by atoms with Gasteiger partial charge < -0.3 is 10.1 Å². The Labute approximate surface area is 145 Å². The quantitative estimate of drug-likeness (QED) is 0.797. The standard InChI is InChI=1S/C20H17NO4/c22-18-14-5-1-2-6-15(14)19(23)17-10-12(7-8-16(17)18)20(24)21-11-13-4-3-9-25-13/h1-2,5-8,10,13H,3-4,9,11H2,(H,21,24). The molecule has 0 bridgehead atoms. The molecule has 1 atom stereocenters. The molecule has 0 spiro atoms. The van der Waals surface area contributed by atoms with Crippen LogP contribution in [0.4, 0.5) is 0 Å². The van der Waals surface area contributed by atoms with Gasteiger partial charge in [-0.05, 0) is 31.0 Å². The third-order valence-electron chi connectivity index (χ3n) is 4.70. The highest BCUT2D eigenvalue weighted by atomic mass is 16.5. The summed E-state index contributed by atoms with van der Waals surface area (Å²) in [6, 6.07) is 11.4. The van der Waals surface area contributed by atoms with Gasteiger partial charge in [0, 0.05) is 41.0 Å². The highest BCUT2D eigenvalue weighted by Crippen LogP contribution is 2.27. The van der Waals surface area contributed by atoms with E-state index >= 15 is 0 Å². The zero-order valence-electron chi connectivity index (χ0n) is 13.6. The molecule has 2 aromatic rings. The van der Waals surface area contributed by atoms with Gasteiger partial charge in [-0.25, -0.2) is 0 Å². The number of nitrogens with one attached hydrogen (secondary N) is 1. The Morgan fingerprint density at radius 3 is 2.36 bits per heavy atom. The van der Waals surface area contributed by atoms with E-state index < -0.39 is 0 Å². The maximum Gasteiger partial charge on any atom is 0.251 e. The van der Waals surface area contributed by atoms with Crippen LogP contribution in [-0.2, 0) is 4.74 Å². The van der Waals surface area contributed by atoms with Gasteiger partial charge in [0.1, 0.15) is 0 Å². The van der Waals surface area contributed by atoms with Crippen LogP contribution in [0.3, 0.4) is 0 Å². The molecule has 0 radical (unpaired) electrons. The smallest absolute Gasteiger partial charge is 0.251 e. The average molecular weight is 335 g/mol. The third kappa shape index (κ3) is 2.76. The van der Waals surface area contributed by atoms with Gasteiger partial charge in [0.25, 0.3) is 5.91 Å². The molecule has 1 aliphatic carbocycles. The zero-order valence-corrected chi connectivity index (χ0v) is 13.6. The summed E-state index contributed by atoms with van der Waals surface area (Å²) in [5.41, 5.74) is 1.80. The fourth-order valence-electron chi connectivity index (χ4n) is 3.35. The van der Waals surface area contributed by atoms with Crippen molar-refractivity contribution in [1.29, 1.82) is 0 Å². The summed E-state index contributed by atoms with van der Waals surface area (Å²) in [6.45, 7) is 1.18. The highest BCUT2D eigenvalue weighted by Gasteiger charge is 2.30. The lowest BCUT2D eigenvalue weighted by Gasteiger charge is -2.18. The van der Waals surface area contributed by atoms with Crippen molar-refractivity contribution in [2.45, 2.75) is 18.9 Å². The molecular formula is C20H17NO4. The molecule has 1 amide bonds. The van der Waals surface area contributed by atoms with E-state index in [0.717, 1.165) is 19.4 Å². The molecule has 25 heavy (non-hydrogen) atoms. The van der Waals surface area contributed by atoms with Crippen molar-refractivity contribution < 1.29 is 19.1 Å². The second-order valence-electron chi connectivity index (χ2n) is 6.31. The van der Waals surface area contributed by atoms with E-state index in [-0.39, 0.29) is 29.1 Å². The minimum atomic E-state index is -0.266. The fraction of sp³-hybridized carbons (Fsp3) is 0.250. The molecular weight excluding hydrogens is 318 g/mol. The summed E-state index contributed by atoms with van der Waals surface area (Å²) in [4.78, 5) is 37.6. The first-order valence-electron chi connectivity index (χ1n) is 8.37. The summed E-state index contributed by atoms with van der Waals surface area (Å²) in [5, 5.41) is 2.83. The first kappa shape index (κ1) is 15.7. The Hall–Kier alpha value is -2.79. The molecule has 4 rings (SSSR count). The van der Waals surface area contributed by atoms with E-state index in [9.17, 15) is 14.4 Å². The lowest BCUT2D eigenvalue weighted by atomic mass is 9.83. The molecule has 5 heteroatoms. The molecule has 2 aliphatic rings. The van der Waals surface area contributed by atoms with Crippen LogP contribution in [0.2, 0.25) is 0 Å². The van der Waals surface area contributed by atoms with Crippen LogP contribution in [-0.4, -0.2) is 36.7 Å². The van der Waals surface area contributed by atoms with E-state index in [1.165, 1.54) is 6.07 Å². The van der Waals surface area contributed by atoms with Gasteiger partial charge in [-0.15, -0.1) is 0 Å². The van der Waals surface area contributed by atoms with E-state index in [1.54, 1.807) is 36.4 Å². The van der Waals surface area contributed by atoms with Crippen LogP contribution >= 0.6 is 0 Å². The Balaban J connectivity index is 1.60. The first-order valence-corrected chi connectivity index (χ1v) is 8.37. The van der Waals surface area contributed by atoms with E-state index in [2.05, 4.69) is 5.32 Å². The largest absolute Gasteiger partial charge is 0.376 e. The summed E-state index contributed by atoms with van der Waals surface area (Å²) < 4.78 is 5.49. The predicted octanol–water partition coefficient (Wildman–Crippen LogP) is 2.37. The fourth-order valence-corrected chi connectivity index (χ4v) is 3.35.